The number of halogens is 1. The minimum atomic E-state index is -0.219. The molecule has 100 valence electrons. The van der Waals surface area contributed by atoms with Crippen molar-refractivity contribution in [2.75, 3.05) is 18.5 Å². The smallest absolute Gasteiger partial charge is 0.227 e. The van der Waals surface area contributed by atoms with Crippen molar-refractivity contribution in [3.63, 3.8) is 0 Å². The van der Waals surface area contributed by atoms with E-state index in [-0.39, 0.29) is 18.4 Å². The highest BCUT2D eigenvalue weighted by Crippen LogP contribution is 2.20. The molecule has 0 radical (unpaired) electrons. The number of nitrogens with two attached hydrogens (primary N) is 1. The van der Waals surface area contributed by atoms with Crippen molar-refractivity contribution in [2.24, 2.45) is 5.73 Å². The lowest BCUT2D eigenvalue weighted by molar-refractivity contribution is -0.118. The summed E-state index contributed by atoms with van der Waals surface area (Å²) in [6, 6.07) is 5.70. The largest absolute Gasteiger partial charge is 0.377 e. The minimum absolute atomic E-state index is 0.0883. The fourth-order valence-corrected chi connectivity index (χ4v) is 1.91. The summed E-state index contributed by atoms with van der Waals surface area (Å²) in [7, 11) is 0. The zero-order valence-corrected chi connectivity index (χ0v) is 12.3. The van der Waals surface area contributed by atoms with Crippen LogP contribution in [0.4, 0.5) is 5.69 Å². The topological polar surface area (TPSA) is 64.3 Å². The summed E-state index contributed by atoms with van der Waals surface area (Å²) >= 11 is 3.43. The molecule has 0 aliphatic heterocycles. The van der Waals surface area contributed by atoms with E-state index >= 15 is 0 Å². The maximum Gasteiger partial charge on any atom is 0.227 e. The molecular weight excluding hydrogens is 296 g/mol. The molecular formula is C13H19BrN2O2. The van der Waals surface area contributed by atoms with E-state index in [2.05, 4.69) is 21.2 Å². The maximum absolute atomic E-state index is 11.8. The Balaban J connectivity index is 2.55. The predicted octanol–water partition coefficient (Wildman–Crippen LogP) is 2.45. The van der Waals surface area contributed by atoms with Gasteiger partial charge < -0.3 is 15.8 Å². The predicted molar refractivity (Wildman–Crippen MR) is 76.6 cm³/mol. The SMILES string of the molecule is CCOC(CN)CC(=O)Nc1ccc(C)c(Br)c1. The third kappa shape index (κ3) is 4.76. The number of hydrogen-bond donors (Lipinski definition) is 2. The molecule has 1 amide bonds. The molecule has 0 aliphatic carbocycles. The molecule has 4 nitrogen and oxygen atoms in total. The number of amides is 1. The van der Waals surface area contributed by atoms with Crippen LogP contribution in [0, 0.1) is 6.92 Å². The van der Waals surface area contributed by atoms with Gasteiger partial charge in [-0.1, -0.05) is 22.0 Å². The van der Waals surface area contributed by atoms with Gasteiger partial charge in [-0.3, -0.25) is 4.79 Å². The van der Waals surface area contributed by atoms with Gasteiger partial charge in [0, 0.05) is 23.3 Å². The molecule has 18 heavy (non-hydrogen) atoms. The fourth-order valence-electron chi connectivity index (χ4n) is 1.54. The van der Waals surface area contributed by atoms with Crippen molar-refractivity contribution in [1.82, 2.24) is 0 Å². The van der Waals surface area contributed by atoms with Crippen LogP contribution in [0.15, 0.2) is 22.7 Å². The van der Waals surface area contributed by atoms with Gasteiger partial charge in [-0.25, -0.2) is 0 Å². The van der Waals surface area contributed by atoms with Crippen molar-refractivity contribution >= 4 is 27.5 Å². The number of ether oxygens (including phenoxy) is 1. The summed E-state index contributed by atoms with van der Waals surface area (Å²) in [6.45, 7) is 4.79. The third-order valence-corrected chi connectivity index (χ3v) is 3.39. The summed E-state index contributed by atoms with van der Waals surface area (Å²) < 4.78 is 6.32. The Labute approximate surface area is 116 Å². The van der Waals surface area contributed by atoms with Gasteiger partial charge >= 0.3 is 0 Å². The van der Waals surface area contributed by atoms with Crippen LogP contribution in [0.2, 0.25) is 0 Å². The molecule has 0 heterocycles. The summed E-state index contributed by atoms with van der Waals surface area (Å²) in [4.78, 5) is 11.8. The average Bonchev–Trinajstić information content (AvgIpc) is 2.33. The van der Waals surface area contributed by atoms with Crippen LogP contribution < -0.4 is 11.1 Å². The summed E-state index contributed by atoms with van der Waals surface area (Å²) in [5.74, 6) is -0.0883. The molecule has 1 aromatic carbocycles. The number of rotatable bonds is 6. The van der Waals surface area contributed by atoms with Gasteiger partial charge in [0.15, 0.2) is 0 Å². The van der Waals surface area contributed by atoms with Crippen LogP contribution in [-0.4, -0.2) is 25.2 Å². The second-order valence-electron chi connectivity index (χ2n) is 4.03. The molecule has 0 aromatic heterocycles. The van der Waals surface area contributed by atoms with Crippen LogP contribution in [0.3, 0.4) is 0 Å². The molecule has 0 aliphatic rings. The number of aryl methyl sites for hydroxylation is 1. The van der Waals surface area contributed by atoms with E-state index in [1.165, 1.54) is 0 Å². The molecule has 1 aromatic rings. The zero-order valence-electron chi connectivity index (χ0n) is 10.7. The van der Waals surface area contributed by atoms with Gasteiger partial charge in [0.2, 0.25) is 5.91 Å². The van der Waals surface area contributed by atoms with Crippen LogP contribution in [0.25, 0.3) is 0 Å². The highest BCUT2D eigenvalue weighted by Gasteiger charge is 2.12. The molecule has 0 spiro atoms. The number of nitrogens with one attached hydrogen (secondary N) is 1. The van der Waals surface area contributed by atoms with Gasteiger partial charge in [-0.2, -0.15) is 0 Å². The minimum Gasteiger partial charge on any atom is -0.377 e. The average molecular weight is 315 g/mol. The fraction of sp³-hybridized carbons (Fsp3) is 0.462. The van der Waals surface area contributed by atoms with E-state index < -0.39 is 0 Å². The van der Waals surface area contributed by atoms with E-state index in [9.17, 15) is 4.79 Å². The standard InChI is InChI=1S/C13H19BrN2O2/c1-3-18-11(8-15)7-13(17)16-10-5-4-9(2)12(14)6-10/h4-6,11H,3,7-8,15H2,1-2H3,(H,16,17). The van der Waals surface area contributed by atoms with E-state index in [1.807, 2.05) is 32.0 Å². The number of anilines is 1. The molecule has 3 N–H and O–H groups in total. The van der Waals surface area contributed by atoms with Crippen molar-refractivity contribution in [1.29, 1.82) is 0 Å². The Hall–Kier alpha value is -0.910. The van der Waals surface area contributed by atoms with Gasteiger partial charge in [-0.05, 0) is 31.5 Å². The first kappa shape index (κ1) is 15.1. The zero-order chi connectivity index (χ0) is 13.5. The molecule has 0 fully saturated rings. The number of benzene rings is 1. The molecule has 1 unspecified atom stereocenters. The van der Waals surface area contributed by atoms with Crippen LogP contribution >= 0.6 is 15.9 Å². The Morgan fingerprint density at radius 2 is 2.28 bits per heavy atom. The first-order valence-electron chi connectivity index (χ1n) is 5.94. The van der Waals surface area contributed by atoms with E-state index in [4.69, 9.17) is 10.5 Å². The normalized spacial score (nSPS) is 12.2. The monoisotopic (exact) mass is 314 g/mol. The molecule has 5 heteroatoms. The molecule has 1 rings (SSSR count). The molecule has 1 atom stereocenters. The Kier molecular flexibility index (Phi) is 6.32. The second kappa shape index (κ2) is 7.51. The Morgan fingerprint density at radius 3 is 2.83 bits per heavy atom. The van der Waals surface area contributed by atoms with Crippen molar-refractivity contribution in [2.45, 2.75) is 26.4 Å². The number of carbonyl (C=O) groups is 1. The van der Waals surface area contributed by atoms with Gasteiger partial charge in [0.05, 0.1) is 12.5 Å². The van der Waals surface area contributed by atoms with Crippen LogP contribution in [0.1, 0.15) is 18.9 Å². The maximum atomic E-state index is 11.8. The highest BCUT2D eigenvalue weighted by molar-refractivity contribution is 9.10. The second-order valence-corrected chi connectivity index (χ2v) is 4.88. The molecule has 0 bridgehead atoms. The lowest BCUT2D eigenvalue weighted by atomic mass is 10.2. The van der Waals surface area contributed by atoms with Gasteiger partial charge in [-0.15, -0.1) is 0 Å². The first-order chi connectivity index (χ1) is 8.56. The van der Waals surface area contributed by atoms with Crippen molar-refractivity contribution in [3.05, 3.63) is 28.2 Å². The van der Waals surface area contributed by atoms with E-state index in [0.717, 1.165) is 15.7 Å². The summed E-state index contributed by atoms with van der Waals surface area (Å²) in [6.07, 6.45) is 0.0550. The van der Waals surface area contributed by atoms with E-state index in [1.54, 1.807) is 0 Å². The van der Waals surface area contributed by atoms with Crippen LogP contribution in [-0.2, 0) is 9.53 Å². The quantitative estimate of drug-likeness (QED) is 0.847. The van der Waals surface area contributed by atoms with E-state index in [0.29, 0.717) is 13.2 Å². The van der Waals surface area contributed by atoms with Crippen molar-refractivity contribution < 1.29 is 9.53 Å². The lowest BCUT2D eigenvalue weighted by Crippen LogP contribution is -2.29. The summed E-state index contributed by atoms with van der Waals surface area (Å²) in [5, 5.41) is 2.83. The van der Waals surface area contributed by atoms with Gasteiger partial charge in [0.25, 0.3) is 0 Å². The Morgan fingerprint density at radius 1 is 1.56 bits per heavy atom. The highest BCUT2D eigenvalue weighted by atomic mass is 79.9. The molecule has 0 saturated carbocycles. The number of hydrogen-bond acceptors (Lipinski definition) is 3. The Bertz CT molecular complexity index is 410. The number of carbonyl (C=O) groups excluding carboxylic acids is 1. The van der Waals surface area contributed by atoms with Gasteiger partial charge in [0.1, 0.15) is 0 Å². The first-order valence-corrected chi connectivity index (χ1v) is 6.73. The third-order valence-electron chi connectivity index (χ3n) is 2.53. The van der Waals surface area contributed by atoms with Crippen LogP contribution in [0.5, 0.6) is 0 Å². The van der Waals surface area contributed by atoms with Crippen molar-refractivity contribution in [3.8, 4) is 0 Å². The lowest BCUT2D eigenvalue weighted by Gasteiger charge is -2.14. The summed E-state index contributed by atoms with van der Waals surface area (Å²) in [5.41, 5.74) is 7.43. The molecule has 0 saturated heterocycles.